The highest BCUT2D eigenvalue weighted by Gasteiger charge is 2.35. The minimum absolute atomic E-state index is 0.210. The summed E-state index contributed by atoms with van der Waals surface area (Å²) < 4.78 is 40.1. The summed E-state index contributed by atoms with van der Waals surface area (Å²) in [7, 11) is -4.22. The number of carbonyl (C=O) groups excluding carboxylic acids is 1. The highest BCUT2D eigenvalue weighted by Crippen LogP contribution is 2.47. The number of nitrogen functional groups attached to an aromatic ring is 1. The molecule has 2 heterocycles. The van der Waals surface area contributed by atoms with Gasteiger partial charge in [-0.05, 0) is 61.9 Å². The zero-order valence-electron chi connectivity index (χ0n) is 26.3. The van der Waals surface area contributed by atoms with Crippen LogP contribution in [0, 0.1) is 0 Å². The van der Waals surface area contributed by atoms with E-state index in [1.807, 2.05) is 72.2 Å². The summed E-state index contributed by atoms with van der Waals surface area (Å²) in [4.78, 5) is 22.4. The largest absolute Gasteiger partial charge is 0.459 e. The number of nitrogens with zero attached hydrogens (tertiary/aromatic N) is 3. The third kappa shape index (κ3) is 7.29. The molecule has 6 aromatic rings. The number of nitrogens with two attached hydrogens (primary N) is 1. The molecule has 0 aliphatic carbocycles. The van der Waals surface area contributed by atoms with Crippen molar-refractivity contribution >= 4 is 52.2 Å². The van der Waals surface area contributed by atoms with E-state index in [-0.39, 0.29) is 13.2 Å². The number of ether oxygens (including phenoxy) is 2. The zero-order valence-corrected chi connectivity index (χ0v) is 27.2. The summed E-state index contributed by atoms with van der Waals surface area (Å²) in [5, 5.41) is 5.54. The number of anilines is 1. The predicted octanol–water partition coefficient (Wildman–Crippen LogP) is 7.03. The lowest BCUT2D eigenvalue weighted by molar-refractivity contribution is -0.136. The first-order valence-corrected chi connectivity index (χ1v) is 16.9. The fourth-order valence-corrected chi connectivity index (χ4v) is 7.02. The van der Waals surface area contributed by atoms with Crippen molar-refractivity contribution in [1.82, 2.24) is 19.6 Å². The van der Waals surface area contributed by atoms with Crippen LogP contribution in [0.5, 0.6) is 11.5 Å². The normalized spacial score (nSPS) is 14.2. The van der Waals surface area contributed by atoms with Gasteiger partial charge in [0.15, 0.2) is 5.82 Å². The molecule has 2 aromatic heterocycles. The van der Waals surface area contributed by atoms with Gasteiger partial charge in [0.05, 0.1) is 23.7 Å². The highest BCUT2D eigenvalue weighted by molar-refractivity contribution is 7.52. The number of carbonyl (C=O) groups is 1. The Bertz CT molecular complexity index is 2090. The summed E-state index contributed by atoms with van der Waals surface area (Å²) >= 11 is 0. The summed E-state index contributed by atoms with van der Waals surface area (Å²) in [5.74, 6) is 0.927. The monoisotopic (exact) mass is 653 g/mol. The van der Waals surface area contributed by atoms with Crippen molar-refractivity contribution < 1.29 is 27.9 Å². The van der Waals surface area contributed by atoms with Gasteiger partial charge in [-0.15, -0.1) is 0 Å². The Morgan fingerprint density at radius 3 is 2.43 bits per heavy atom. The van der Waals surface area contributed by atoms with Crippen LogP contribution in [0.1, 0.15) is 26.6 Å². The van der Waals surface area contributed by atoms with Crippen LogP contribution in [0.2, 0.25) is 0 Å². The molecule has 0 amide bonds. The molecule has 0 saturated carbocycles. The maximum atomic E-state index is 14.6. The van der Waals surface area contributed by atoms with Gasteiger partial charge in [0.2, 0.25) is 0 Å². The van der Waals surface area contributed by atoms with Crippen LogP contribution < -0.4 is 20.1 Å². The predicted molar refractivity (Wildman–Crippen MR) is 182 cm³/mol. The van der Waals surface area contributed by atoms with E-state index in [4.69, 9.17) is 29.2 Å². The third-order valence-corrected chi connectivity index (χ3v) is 9.29. The number of aromatic nitrogens is 3. The molecule has 4 aromatic carbocycles. The van der Waals surface area contributed by atoms with E-state index >= 15 is 0 Å². The maximum Gasteiger partial charge on any atom is 0.459 e. The number of para-hydroxylation sites is 2. The number of hydrogen-bond acceptors (Lipinski definition) is 9. The van der Waals surface area contributed by atoms with E-state index in [1.165, 1.54) is 0 Å². The zero-order chi connectivity index (χ0) is 33.0. The van der Waals surface area contributed by atoms with Gasteiger partial charge in [-0.1, -0.05) is 66.7 Å². The van der Waals surface area contributed by atoms with Crippen LogP contribution in [-0.4, -0.2) is 39.3 Å². The van der Waals surface area contributed by atoms with E-state index < -0.39 is 25.9 Å². The van der Waals surface area contributed by atoms with Gasteiger partial charge < -0.3 is 24.3 Å². The molecule has 0 fully saturated rings. The Morgan fingerprint density at radius 2 is 1.64 bits per heavy atom. The second-order valence-electron chi connectivity index (χ2n) is 11.1. The van der Waals surface area contributed by atoms with Gasteiger partial charge >= 0.3 is 13.7 Å². The van der Waals surface area contributed by atoms with Crippen LogP contribution in [0.25, 0.3) is 32.7 Å². The van der Waals surface area contributed by atoms with Crippen LogP contribution in [0.3, 0.4) is 0 Å². The maximum absolute atomic E-state index is 14.6. The van der Waals surface area contributed by atoms with Gasteiger partial charge in [0, 0.05) is 12.0 Å². The second-order valence-corrected chi connectivity index (χ2v) is 12.7. The lowest BCUT2D eigenvalue weighted by Crippen LogP contribution is -2.37. The summed E-state index contributed by atoms with van der Waals surface area (Å²) in [5.41, 5.74) is 8.37. The highest BCUT2D eigenvalue weighted by atomic mass is 31.2. The first-order valence-electron chi connectivity index (χ1n) is 15.4. The second kappa shape index (κ2) is 13.9. The van der Waals surface area contributed by atoms with Gasteiger partial charge in [0.25, 0.3) is 0 Å². The third-order valence-electron chi connectivity index (χ3n) is 7.50. The molecule has 0 aliphatic rings. The number of imidazole rings is 1. The Morgan fingerprint density at radius 1 is 0.915 bits per heavy atom. The fraction of sp³-hybridized carbons (Fsp3) is 0.229. The van der Waals surface area contributed by atoms with E-state index in [0.717, 1.165) is 21.7 Å². The first-order chi connectivity index (χ1) is 22.7. The molecular formula is C35H36N5O6P. The average molecular weight is 654 g/mol. The molecule has 3 atom stereocenters. The van der Waals surface area contributed by atoms with Gasteiger partial charge in [-0.25, -0.2) is 19.3 Å². The molecule has 0 bridgehead atoms. The van der Waals surface area contributed by atoms with Crippen LogP contribution in [0.4, 0.5) is 5.82 Å². The van der Waals surface area contributed by atoms with E-state index in [0.29, 0.717) is 40.8 Å². The molecular weight excluding hydrogens is 617 g/mol. The van der Waals surface area contributed by atoms with Crippen molar-refractivity contribution in [3.63, 3.8) is 0 Å². The summed E-state index contributed by atoms with van der Waals surface area (Å²) in [6, 6.07) is 28.4. The number of hydrogen-bond donors (Lipinski definition) is 2. The Kier molecular flexibility index (Phi) is 9.51. The van der Waals surface area contributed by atoms with Crippen LogP contribution >= 0.6 is 7.75 Å². The number of pyridine rings is 1. The molecule has 0 aliphatic heterocycles. The molecule has 12 heteroatoms. The van der Waals surface area contributed by atoms with Crippen molar-refractivity contribution in [2.45, 2.75) is 46.1 Å². The molecule has 0 unspecified atom stereocenters. The van der Waals surface area contributed by atoms with Gasteiger partial charge in [-0.3, -0.25) is 4.52 Å². The number of nitrogens with one attached hydrogen (secondary N) is 1. The fourth-order valence-electron chi connectivity index (χ4n) is 5.36. The molecule has 242 valence electrons. The summed E-state index contributed by atoms with van der Waals surface area (Å²) in [6.07, 6.45) is -0.711. The van der Waals surface area contributed by atoms with Crippen LogP contribution in [-0.2, 0) is 31.8 Å². The van der Waals surface area contributed by atoms with Gasteiger partial charge in [-0.2, -0.15) is 5.09 Å². The molecule has 47 heavy (non-hydrogen) atoms. The SMILES string of the molecule is CCOCc1nc2c(N)nc3ccccc3c2n1C[C@@H](C)O[P@@](=O)(N[C@@H](C)C(=O)Oc1ccccc1)Oc1ccc2ccccc2c1. The lowest BCUT2D eigenvalue weighted by Gasteiger charge is -2.26. The lowest BCUT2D eigenvalue weighted by atomic mass is 10.1. The Hall–Kier alpha value is -4.80. The van der Waals surface area contributed by atoms with Crippen molar-refractivity contribution in [1.29, 1.82) is 0 Å². The van der Waals surface area contributed by atoms with Crippen molar-refractivity contribution in [3.8, 4) is 11.5 Å². The van der Waals surface area contributed by atoms with Crippen LogP contribution in [0.15, 0.2) is 97.1 Å². The van der Waals surface area contributed by atoms with Crippen molar-refractivity contribution in [3.05, 3.63) is 103 Å². The molecule has 11 nitrogen and oxygen atoms in total. The van der Waals surface area contributed by atoms with Crippen molar-refractivity contribution in [2.75, 3.05) is 12.3 Å². The standard InChI is InChI=1S/C35H36N5O6P/c1-4-43-22-31-38-32-33(29-16-10-11-17-30(29)37-34(32)36)40(31)21-23(2)45-47(42,39-24(3)35(41)44-27-14-6-5-7-15-27)46-28-19-18-25-12-8-9-13-26(25)20-28/h5-20,23-24H,4,21-22H2,1-3H3,(H2,36,37)(H,39,42)/t23-,24+,47+/m1/s1. The quantitative estimate of drug-likeness (QED) is 0.0758. The topological polar surface area (TPSA) is 140 Å². The van der Waals surface area contributed by atoms with E-state index in [9.17, 15) is 9.36 Å². The molecule has 6 rings (SSSR count). The van der Waals surface area contributed by atoms with E-state index in [2.05, 4.69) is 10.1 Å². The molecule has 0 spiro atoms. The van der Waals surface area contributed by atoms with Gasteiger partial charge in [0.1, 0.15) is 35.5 Å². The number of esters is 1. The number of benzene rings is 4. The molecule has 3 N–H and O–H groups in total. The Balaban J connectivity index is 1.32. The minimum atomic E-state index is -4.22. The number of fused-ring (bicyclic) bond motifs is 4. The number of rotatable bonds is 13. The smallest absolute Gasteiger partial charge is 0.425 e. The van der Waals surface area contributed by atoms with Crippen molar-refractivity contribution in [2.24, 2.45) is 0 Å². The molecule has 0 radical (unpaired) electrons. The first kappa shape index (κ1) is 32.2. The molecule has 0 saturated heterocycles. The minimum Gasteiger partial charge on any atom is -0.425 e. The Labute approximate surface area is 272 Å². The van der Waals surface area contributed by atoms with E-state index in [1.54, 1.807) is 50.2 Å². The summed E-state index contributed by atoms with van der Waals surface area (Å²) in [6.45, 7) is 6.13. The average Bonchev–Trinajstić information content (AvgIpc) is 3.42.